The highest BCUT2D eigenvalue weighted by Gasteiger charge is 2.11. The fourth-order valence-electron chi connectivity index (χ4n) is 2.15. The van der Waals surface area contributed by atoms with Gasteiger partial charge in [-0.3, -0.25) is 0 Å². The number of benzene rings is 1. The van der Waals surface area contributed by atoms with Gasteiger partial charge >= 0.3 is 0 Å². The summed E-state index contributed by atoms with van der Waals surface area (Å²) in [6, 6.07) is 6.45. The largest absolute Gasteiger partial charge is 0.372 e. The molecule has 0 aromatic heterocycles. The van der Waals surface area contributed by atoms with E-state index in [1.165, 1.54) is 42.9 Å². The molecule has 0 radical (unpaired) electrons. The van der Waals surface area contributed by atoms with Crippen molar-refractivity contribution in [2.24, 2.45) is 0 Å². The lowest BCUT2D eigenvalue weighted by Crippen LogP contribution is -2.29. The minimum atomic E-state index is 1.01. The van der Waals surface area contributed by atoms with E-state index >= 15 is 0 Å². The molecule has 0 unspecified atom stereocenters. The first-order valence-electron chi connectivity index (χ1n) is 5.75. The third-order valence-electron chi connectivity index (χ3n) is 3.06. The third kappa shape index (κ3) is 2.36. The first-order valence-corrected chi connectivity index (χ1v) is 6.97. The maximum atomic E-state index is 5.48. The zero-order valence-electron chi connectivity index (χ0n) is 9.70. The zero-order chi connectivity index (χ0) is 11.4. The van der Waals surface area contributed by atoms with E-state index in [1.54, 1.807) is 11.8 Å². The average Bonchev–Trinajstić information content (AvgIpc) is 2.39. The molecular weight excluding hydrogens is 214 g/mol. The summed E-state index contributed by atoms with van der Waals surface area (Å²) in [7, 11) is 0. The van der Waals surface area contributed by atoms with Gasteiger partial charge in [0.25, 0.3) is 0 Å². The number of nitrogens with zero attached hydrogens (tertiary/aromatic N) is 1. The van der Waals surface area contributed by atoms with Gasteiger partial charge in [0.05, 0.1) is 0 Å². The number of piperidine rings is 1. The summed E-state index contributed by atoms with van der Waals surface area (Å²) in [5.74, 6) is 2.74. The van der Waals surface area contributed by atoms with Gasteiger partial charge in [-0.25, -0.2) is 0 Å². The minimum Gasteiger partial charge on any atom is -0.372 e. The van der Waals surface area contributed by atoms with Crippen LogP contribution in [-0.2, 0) is 0 Å². The zero-order valence-corrected chi connectivity index (χ0v) is 10.5. The maximum absolute atomic E-state index is 5.48. The highest BCUT2D eigenvalue weighted by Crippen LogP contribution is 2.27. The monoisotopic (exact) mass is 231 g/mol. The Morgan fingerprint density at radius 1 is 1.25 bits per heavy atom. The fraction of sp³-hybridized carbons (Fsp3) is 0.429. The van der Waals surface area contributed by atoms with Gasteiger partial charge < -0.3 is 4.90 Å². The summed E-state index contributed by atoms with van der Waals surface area (Å²) >= 11 is 1.73. The van der Waals surface area contributed by atoms with Crippen molar-refractivity contribution in [3.05, 3.63) is 23.8 Å². The van der Waals surface area contributed by atoms with Crippen molar-refractivity contribution in [3.8, 4) is 12.3 Å². The Bertz CT molecular complexity index is 400. The number of hydrogen-bond acceptors (Lipinski definition) is 2. The summed E-state index contributed by atoms with van der Waals surface area (Å²) in [5, 5.41) is 0. The van der Waals surface area contributed by atoms with Crippen LogP contribution in [0.2, 0.25) is 0 Å². The van der Waals surface area contributed by atoms with Gasteiger partial charge in [-0.05, 0) is 43.7 Å². The van der Waals surface area contributed by atoms with Gasteiger partial charge in [0.15, 0.2) is 0 Å². The minimum absolute atomic E-state index is 1.01. The van der Waals surface area contributed by atoms with E-state index in [0.717, 1.165) is 5.56 Å². The maximum Gasteiger partial charge on any atom is 0.0379 e. The summed E-state index contributed by atoms with van der Waals surface area (Å²) in [6.45, 7) is 2.37. The molecule has 16 heavy (non-hydrogen) atoms. The Morgan fingerprint density at radius 2 is 2.00 bits per heavy atom. The number of anilines is 1. The molecule has 0 saturated carbocycles. The summed E-state index contributed by atoms with van der Waals surface area (Å²) in [6.07, 6.45) is 11.5. The second-order valence-corrected chi connectivity index (χ2v) is 4.92. The van der Waals surface area contributed by atoms with Crippen molar-refractivity contribution in [2.75, 3.05) is 24.2 Å². The van der Waals surface area contributed by atoms with E-state index in [9.17, 15) is 0 Å². The molecule has 1 nitrogen and oxygen atoms in total. The SMILES string of the molecule is C#Cc1ccc(N2CCCCC2)cc1SC. The van der Waals surface area contributed by atoms with Crippen LogP contribution in [-0.4, -0.2) is 19.3 Å². The first kappa shape index (κ1) is 11.4. The molecule has 0 spiro atoms. The van der Waals surface area contributed by atoms with Crippen LogP contribution in [0.1, 0.15) is 24.8 Å². The Kier molecular flexibility index (Phi) is 3.79. The quantitative estimate of drug-likeness (QED) is 0.567. The molecule has 2 rings (SSSR count). The molecule has 0 aliphatic carbocycles. The van der Waals surface area contributed by atoms with E-state index in [1.807, 2.05) is 0 Å². The standard InChI is InChI=1S/C14H17NS/c1-3-12-7-8-13(11-14(12)16-2)15-9-5-4-6-10-15/h1,7-8,11H,4-6,9-10H2,2H3. The van der Waals surface area contributed by atoms with Crippen LogP contribution in [0.4, 0.5) is 5.69 Å². The van der Waals surface area contributed by atoms with Crippen molar-refractivity contribution in [2.45, 2.75) is 24.2 Å². The topological polar surface area (TPSA) is 3.24 Å². The average molecular weight is 231 g/mol. The van der Waals surface area contributed by atoms with Crippen molar-refractivity contribution in [3.63, 3.8) is 0 Å². The van der Waals surface area contributed by atoms with E-state index in [4.69, 9.17) is 6.42 Å². The summed E-state index contributed by atoms with van der Waals surface area (Å²) in [4.78, 5) is 3.68. The Balaban J connectivity index is 2.25. The highest BCUT2D eigenvalue weighted by molar-refractivity contribution is 7.98. The van der Waals surface area contributed by atoms with Crippen molar-refractivity contribution in [1.82, 2.24) is 0 Å². The van der Waals surface area contributed by atoms with Gasteiger partial charge in [-0.1, -0.05) is 5.92 Å². The second-order valence-electron chi connectivity index (χ2n) is 4.08. The van der Waals surface area contributed by atoms with Gasteiger partial charge in [0.1, 0.15) is 0 Å². The van der Waals surface area contributed by atoms with Crippen LogP contribution in [0.3, 0.4) is 0 Å². The van der Waals surface area contributed by atoms with Crippen molar-refractivity contribution >= 4 is 17.4 Å². The number of hydrogen-bond donors (Lipinski definition) is 0. The Morgan fingerprint density at radius 3 is 2.62 bits per heavy atom. The van der Waals surface area contributed by atoms with Crippen LogP contribution in [0, 0.1) is 12.3 Å². The predicted molar refractivity (Wildman–Crippen MR) is 72.2 cm³/mol. The predicted octanol–water partition coefficient (Wildman–Crippen LogP) is 3.38. The van der Waals surface area contributed by atoms with Crippen LogP contribution in [0.15, 0.2) is 23.1 Å². The molecule has 84 valence electrons. The molecule has 1 aromatic carbocycles. The fourth-order valence-corrected chi connectivity index (χ4v) is 2.73. The number of thioether (sulfide) groups is 1. The molecule has 1 aromatic rings. The van der Waals surface area contributed by atoms with Crippen LogP contribution < -0.4 is 4.90 Å². The normalized spacial score (nSPS) is 15.9. The van der Waals surface area contributed by atoms with Crippen molar-refractivity contribution in [1.29, 1.82) is 0 Å². The lowest BCUT2D eigenvalue weighted by Gasteiger charge is -2.29. The highest BCUT2D eigenvalue weighted by atomic mass is 32.2. The molecule has 1 aliphatic rings. The summed E-state index contributed by atoms with van der Waals surface area (Å²) < 4.78 is 0. The Labute approximate surface area is 102 Å². The van der Waals surface area contributed by atoms with Gasteiger partial charge in [-0.15, -0.1) is 18.2 Å². The molecule has 0 bridgehead atoms. The van der Waals surface area contributed by atoms with Gasteiger partial charge in [0, 0.05) is 29.2 Å². The molecule has 2 heteroatoms. The molecule has 1 heterocycles. The summed E-state index contributed by atoms with van der Waals surface area (Å²) in [5.41, 5.74) is 2.33. The number of terminal acetylenes is 1. The molecular formula is C14H17NS. The smallest absolute Gasteiger partial charge is 0.0379 e. The van der Waals surface area contributed by atoms with Crippen molar-refractivity contribution < 1.29 is 0 Å². The second kappa shape index (κ2) is 5.32. The van der Waals surface area contributed by atoms with E-state index < -0.39 is 0 Å². The van der Waals surface area contributed by atoms with Gasteiger partial charge in [0.2, 0.25) is 0 Å². The van der Waals surface area contributed by atoms with E-state index in [2.05, 4.69) is 35.3 Å². The van der Waals surface area contributed by atoms with Crippen LogP contribution >= 0.6 is 11.8 Å². The molecule has 1 saturated heterocycles. The molecule has 1 fully saturated rings. The van der Waals surface area contributed by atoms with E-state index in [0.29, 0.717) is 0 Å². The van der Waals surface area contributed by atoms with E-state index in [-0.39, 0.29) is 0 Å². The van der Waals surface area contributed by atoms with Gasteiger partial charge in [-0.2, -0.15) is 0 Å². The van der Waals surface area contributed by atoms with Crippen LogP contribution in [0.5, 0.6) is 0 Å². The third-order valence-corrected chi connectivity index (χ3v) is 3.84. The number of rotatable bonds is 2. The molecule has 1 aliphatic heterocycles. The molecule has 0 amide bonds. The molecule has 0 N–H and O–H groups in total. The molecule has 0 atom stereocenters. The lowest BCUT2D eigenvalue weighted by atomic mass is 10.1. The van der Waals surface area contributed by atoms with Crippen LogP contribution in [0.25, 0.3) is 0 Å². The lowest BCUT2D eigenvalue weighted by molar-refractivity contribution is 0.577. The Hall–Kier alpha value is -1.07. The first-order chi connectivity index (χ1) is 7.85.